The van der Waals surface area contributed by atoms with E-state index >= 15 is 0 Å². The first kappa shape index (κ1) is 17.2. The second-order valence-electron chi connectivity index (χ2n) is 5.47. The van der Waals surface area contributed by atoms with Crippen LogP contribution in [0, 0.1) is 6.92 Å². The van der Waals surface area contributed by atoms with E-state index < -0.39 is 9.84 Å². The molecule has 0 unspecified atom stereocenters. The molecule has 0 aliphatic heterocycles. The van der Waals surface area contributed by atoms with Gasteiger partial charge in [0.2, 0.25) is 5.78 Å². The zero-order chi connectivity index (χ0) is 18.0. The van der Waals surface area contributed by atoms with Gasteiger partial charge in [0.1, 0.15) is 0 Å². The highest BCUT2D eigenvalue weighted by molar-refractivity contribution is 7.90. The quantitative estimate of drug-likeness (QED) is 0.691. The molecule has 25 heavy (non-hydrogen) atoms. The molecule has 0 aliphatic rings. The third-order valence-electron chi connectivity index (χ3n) is 3.53. The maximum atomic E-state index is 12.5. The monoisotopic (exact) mass is 373 g/mol. The number of rotatable bonds is 5. The van der Waals surface area contributed by atoms with E-state index in [1.807, 2.05) is 6.92 Å². The molecular weight excluding hydrogens is 358 g/mol. The molecule has 0 aliphatic carbocycles. The molecule has 0 bridgehead atoms. The summed E-state index contributed by atoms with van der Waals surface area (Å²) in [6, 6.07) is 8.23. The Labute approximate surface area is 149 Å². The number of anilines is 2. The smallest absolute Gasteiger partial charge is 0.206 e. The maximum Gasteiger partial charge on any atom is 0.206 e. The maximum absolute atomic E-state index is 12.5. The fourth-order valence-electron chi connectivity index (χ4n) is 2.20. The number of hydrogen-bond donors (Lipinski definition) is 1. The van der Waals surface area contributed by atoms with Crippen molar-refractivity contribution in [1.29, 1.82) is 0 Å². The molecule has 8 heteroatoms. The topological polar surface area (TPSA) is 89.0 Å². The van der Waals surface area contributed by atoms with Gasteiger partial charge in [0.25, 0.3) is 0 Å². The highest BCUT2D eigenvalue weighted by atomic mass is 32.2. The van der Waals surface area contributed by atoms with Gasteiger partial charge in [-0.25, -0.2) is 13.4 Å². The average molecular weight is 373 g/mol. The Morgan fingerprint density at radius 3 is 2.72 bits per heavy atom. The first-order valence-electron chi connectivity index (χ1n) is 7.33. The Hall–Kier alpha value is -2.58. The molecule has 0 spiro atoms. The predicted octanol–water partition coefficient (Wildman–Crippen LogP) is 3.22. The molecule has 3 aromatic rings. The normalized spacial score (nSPS) is 11.3. The van der Waals surface area contributed by atoms with E-state index in [1.165, 1.54) is 29.7 Å². The lowest BCUT2D eigenvalue weighted by molar-refractivity contribution is 0.104. The number of carbonyl (C=O) groups is 1. The van der Waals surface area contributed by atoms with Crippen molar-refractivity contribution in [2.24, 2.45) is 0 Å². The minimum Gasteiger partial charge on any atom is -0.331 e. The highest BCUT2D eigenvalue weighted by Crippen LogP contribution is 2.26. The zero-order valence-corrected chi connectivity index (χ0v) is 15.2. The molecule has 2 heterocycles. The molecule has 0 saturated heterocycles. The Balaban J connectivity index is 1.83. The van der Waals surface area contributed by atoms with Gasteiger partial charge < -0.3 is 5.32 Å². The number of pyridine rings is 1. The van der Waals surface area contributed by atoms with Gasteiger partial charge in [-0.2, -0.15) is 0 Å². The Morgan fingerprint density at radius 2 is 2.00 bits per heavy atom. The van der Waals surface area contributed by atoms with E-state index in [4.69, 9.17) is 0 Å². The molecule has 0 amide bonds. The van der Waals surface area contributed by atoms with Gasteiger partial charge in [0, 0.05) is 29.9 Å². The molecule has 128 valence electrons. The van der Waals surface area contributed by atoms with E-state index in [2.05, 4.69) is 15.3 Å². The average Bonchev–Trinajstić information content (AvgIpc) is 3.03. The van der Waals surface area contributed by atoms with E-state index in [0.717, 1.165) is 11.8 Å². The van der Waals surface area contributed by atoms with Crippen molar-refractivity contribution in [2.75, 3.05) is 11.6 Å². The molecule has 0 atom stereocenters. The molecule has 1 N–H and O–H groups in total. The highest BCUT2D eigenvalue weighted by Gasteiger charge is 2.15. The van der Waals surface area contributed by atoms with E-state index in [-0.39, 0.29) is 10.7 Å². The van der Waals surface area contributed by atoms with Crippen LogP contribution in [0.4, 0.5) is 10.8 Å². The molecule has 0 fully saturated rings. The number of ketones is 1. The van der Waals surface area contributed by atoms with Crippen LogP contribution in [0.3, 0.4) is 0 Å². The molecular formula is C17H15N3O3S2. The van der Waals surface area contributed by atoms with E-state index in [1.54, 1.807) is 30.6 Å². The Morgan fingerprint density at radius 1 is 1.20 bits per heavy atom. The van der Waals surface area contributed by atoms with Crippen molar-refractivity contribution < 1.29 is 13.2 Å². The van der Waals surface area contributed by atoms with Crippen molar-refractivity contribution >= 4 is 37.8 Å². The van der Waals surface area contributed by atoms with Crippen molar-refractivity contribution in [1.82, 2.24) is 9.97 Å². The Bertz CT molecular complexity index is 1040. The number of benzene rings is 1. The summed E-state index contributed by atoms with van der Waals surface area (Å²) in [6.07, 6.45) is 5.84. The molecule has 0 radical (unpaired) electrons. The van der Waals surface area contributed by atoms with E-state index in [9.17, 15) is 13.2 Å². The van der Waals surface area contributed by atoms with Crippen LogP contribution < -0.4 is 5.32 Å². The fraction of sp³-hybridized carbons (Fsp3) is 0.118. The first-order valence-corrected chi connectivity index (χ1v) is 10.0. The molecule has 0 saturated carbocycles. The second kappa shape index (κ2) is 6.73. The van der Waals surface area contributed by atoms with Crippen LogP contribution in [-0.2, 0) is 9.84 Å². The summed E-state index contributed by atoms with van der Waals surface area (Å²) < 4.78 is 23.3. The number of nitrogens with one attached hydrogen (secondary N) is 1. The first-order chi connectivity index (χ1) is 11.8. The Kier molecular flexibility index (Phi) is 4.65. The predicted molar refractivity (Wildman–Crippen MR) is 97.4 cm³/mol. The lowest BCUT2D eigenvalue weighted by atomic mass is 10.1. The van der Waals surface area contributed by atoms with E-state index in [0.29, 0.717) is 21.3 Å². The van der Waals surface area contributed by atoms with Crippen LogP contribution in [0.2, 0.25) is 0 Å². The number of thiazole rings is 1. The summed E-state index contributed by atoms with van der Waals surface area (Å²) in [5.41, 5.74) is 1.98. The molecule has 3 rings (SSSR count). The van der Waals surface area contributed by atoms with Gasteiger partial charge in [-0.1, -0.05) is 17.4 Å². The van der Waals surface area contributed by atoms with Crippen LogP contribution >= 0.6 is 11.3 Å². The third kappa shape index (κ3) is 3.92. The zero-order valence-electron chi connectivity index (χ0n) is 13.6. The van der Waals surface area contributed by atoms with Crippen LogP contribution in [-0.4, -0.2) is 30.4 Å². The van der Waals surface area contributed by atoms with Crippen LogP contribution in [0.25, 0.3) is 0 Å². The third-order valence-corrected chi connectivity index (χ3v) is 5.55. The van der Waals surface area contributed by atoms with Gasteiger partial charge in [-0.05, 0) is 36.8 Å². The number of hydrogen-bond acceptors (Lipinski definition) is 7. The SMILES string of the molecule is Cc1ccncc1C(=O)c1cnc(Nc2cccc(S(C)(=O)=O)c2)s1. The molecule has 2 aromatic heterocycles. The van der Waals surface area contributed by atoms with Crippen molar-refractivity contribution in [3.63, 3.8) is 0 Å². The van der Waals surface area contributed by atoms with Gasteiger partial charge in [0.05, 0.1) is 16.0 Å². The lowest BCUT2D eigenvalue weighted by Crippen LogP contribution is -2.01. The standard InChI is InChI=1S/C17H15N3O3S2/c1-11-6-7-18-9-14(11)16(21)15-10-19-17(24-15)20-12-4-3-5-13(8-12)25(2,22)23/h3-10H,1-2H3,(H,19,20). The number of aromatic nitrogens is 2. The summed E-state index contributed by atoms with van der Waals surface area (Å²) in [6.45, 7) is 1.85. The summed E-state index contributed by atoms with van der Waals surface area (Å²) in [5, 5.41) is 3.54. The second-order valence-corrected chi connectivity index (χ2v) is 8.52. The van der Waals surface area contributed by atoms with Gasteiger partial charge in [-0.15, -0.1) is 0 Å². The summed E-state index contributed by atoms with van der Waals surface area (Å²) in [7, 11) is -3.28. The number of sulfone groups is 1. The van der Waals surface area contributed by atoms with Gasteiger partial charge >= 0.3 is 0 Å². The van der Waals surface area contributed by atoms with Crippen LogP contribution in [0.5, 0.6) is 0 Å². The van der Waals surface area contributed by atoms with Crippen molar-refractivity contribution in [3.05, 3.63) is 64.9 Å². The molecule has 1 aromatic carbocycles. The molecule has 6 nitrogen and oxygen atoms in total. The largest absolute Gasteiger partial charge is 0.331 e. The van der Waals surface area contributed by atoms with Gasteiger partial charge in [0.15, 0.2) is 15.0 Å². The lowest BCUT2D eigenvalue weighted by Gasteiger charge is -2.04. The van der Waals surface area contributed by atoms with Gasteiger partial charge in [-0.3, -0.25) is 9.78 Å². The van der Waals surface area contributed by atoms with Crippen LogP contribution in [0.15, 0.2) is 53.8 Å². The number of nitrogens with zero attached hydrogens (tertiary/aromatic N) is 2. The fourth-order valence-corrected chi connectivity index (χ4v) is 3.66. The summed E-state index contributed by atoms with van der Waals surface area (Å²) >= 11 is 1.20. The summed E-state index contributed by atoms with van der Waals surface area (Å²) in [5.74, 6) is -0.138. The number of carbonyl (C=O) groups excluding carboxylic acids is 1. The van der Waals surface area contributed by atoms with Crippen molar-refractivity contribution in [3.8, 4) is 0 Å². The minimum atomic E-state index is -3.28. The minimum absolute atomic E-state index is 0.138. The summed E-state index contributed by atoms with van der Waals surface area (Å²) in [4.78, 5) is 21.4. The number of aryl methyl sites for hydroxylation is 1. The van der Waals surface area contributed by atoms with Crippen molar-refractivity contribution in [2.45, 2.75) is 11.8 Å². The van der Waals surface area contributed by atoms with Crippen LogP contribution in [0.1, 0.15) is 20.8 Å².